The summed E-state index contributed by atoms with van der Waals surface area (Å²) in [7, 11) is 0. The van der Waals surface area contributed by atoms with Crippen LogP contribution in [0.5, 0.6) is 5.88 Å². The van der Waals surface area contributed by atoms with Crippen molar-refractivity contribution in [3.05, 3.63) is 34.6 Å². The van der Waals surface area contributed by atoms with Crippen LogP contribution >= 0.6 is 11.8 Å². The van der Waals surface area contributed by atoms with E-state index in [0.717, 1.165) is 16.5 Å². The Balaban J connectivity index is 2.10. The van der Waals surface area contributed by atoms with Gasteiger partial charge in [0.2, 0.25) is 5.88 Å². The Hall–Kier alpha value is -2.41. The van der Waals surface area contributed by atoms with Crippen molar-refractivity contribution in [1.82, 2.24) is 15.0 Å². The Morgan fingerprint density at radius 2 is 2.05 bits per heavy atom. The van der Waals surface area contributed by atoms with Crippen molar-refractivity contribution in [3.63, 3.8) is 0 Å². The molecule has 1 aliphatic rings. The average Bonchev–Trinajstić information content (AvgIpc) is 2.85. The monoisotopic (exact) mass is 286 g/mol. The van der Waals surface area contributed by atoms with E-state index in [1.54, 1.807) is 0 Å². The van der Waals surface area contributed by atoms with Gasteiger partial charge in [-0.15, -0.1) is 0 Å². The third-order valence-corrected chi connectivity index (χ3v) is 3.84. The fourth-order valence-corrected chi connectivity index (χ4v) is 2.77. The summed E-state index contributed by atoms with van der Waals surface area (Å²) in [5.74, 6) is 0.971. The third-order valence-electron chi connectivity index (χ3n) is 3.26. The molecule has 0 saturated carbocycles. The van der Waals surface area contributed by atoms with Crippen LogP contribution in [0.1, 0.15) is 0 Å². The number of benzene rings is 1. The standard InChI is InChI=1S/C13H10N4O2S/c1-20-13-15-10-9(11(18)16-13)8-6-4-2-3-5-7(6)14-12(8)19-17-10/h2-5,14H,1H3,(H2,15,16,17,18). The van der Waals surface area contributed by atoms with Crippen LogP contribution in [0.15, 0.2) is 34.2 Å². The van der Waals surface area contributed by atoms with E-state index in [2.05, 4.69) is 20.4 Å². The number of para-hydroxylation sites is 1. The summed E-state index contributed by atoms with van der Waals surface area (Å²) in [4.78, 5) is 28.0. The predicted molar refractivity (Wildman–Crippen MR) is 78.2 cm³/mol. The highest BCUT2D eigenvalue weighted by molar-refractivity contribution is 7.98. The quantitative estimate of drug-likeness (QED) is 0.472. The summed E-state index contributed by atoms with van der Waals surface area (Å²) < 4.78 is 0. The highest BCUT2D eigenvalue weighted by Crippen LogP contribution is 2.41. The van der Waals surface area contributed by atoms with E-state index in [0.29, 0.717) is 22.4 Å². The van der Waals surface area contributed by atoms with Gasteiger partial charge in [0.15, 0.2) is 11.0 Å². The summed E-state index contributed by atoms with van der Waals surface area (Å²) in [6, 6.07) is 7.74. The molecule has 0 atom stereocenters. The molecule has 0 fully saturated rings. The first-order chi connectivity index (χ1) is 9.78. The van der Waals surface area contributed by atoms with Gasteiger partial charge in [0.05, 0.1) is 11.1 Å². The third kappa shape index (κ3) is 1.47. The number of hydrogen-bond acceptors (Lipinski definition) is 5. The number of rotatable bonds is 1. The van der Waals surface area contributed by atoms with E-state index in [1.807, 2.05) is 30.5 Å². The number of aromatic nitrogens is 3. The van der Waals surface area contributed by atoms with E-state index >= 15 is 0 Å². The summed E-state index contributed by atoms with van der Waals surface area (Å²) in [5, 5.41) is 1.49. The molecule has 100 valence electrons. The second-order valence-corrected chi connectivity index (χ2v) is 5.17. The van der Waals surface area contributed by atoms with Crippen molar-refractivity contribution in [2.75, 3.05) is 11.7 Å². The van der Waals surface area contributed by atoms with Gasteiger partial charge in [0.25, 0.3) is 5.56 Å². The number of nitrogens with one attached hydrogen (secondary N) is 3. The Morgan fingerprint density at radius 3 is 2.90 bits per heavy atom. The molecule has 0 aliphatic carbocycles. The Kier molecular flexibility index (Phi) is 2.31. The van der Waals surface area contributed by atoms with Gasteiger partial charge in [-0.3, -0.25) is 4.79 Å². The molecule has 3 heterocycles. The lowest BCUT2D eigenvalue weighted by molar-refractivity contribution is 0.385. The van der Waals surface area contributed by atoms with Gasteiger partial charge in [0, 0.05) is 10.9 Å². The van der Waals surface area contributed by atoms with Crippen LogP contribution in [0.3, 0.4) is 0 Å². The Bertz CT molecular complexity index is 884. The zero-order valence-electron chi connectivity index (χ0n) is 10.5. The van der Waals surface area contributed by atoms with Gasteiger partial charge in [-0.1, -0.05) is 30.0 Å². The Morgan fingerprint density at radius 1 is 1.20 bits per heavy atom. The average molecular weight is 286 g/mol. The fraction of sp³-hybridized carbons (Fsp3) is 0.0769. The first kappa shape index (κ1) is 11.4. The maximum absolute atomic E-state index is 12.3. The largest absolute Gasteiger partial charge is 0.362 e. The minimum atomic E-state index is -0.179. The highest BCUT2D eigenvalue weighted by atomic mass is 32.2. The number of aromatic amines is 2. The van der Waals surface area contributed by atoms with Crippen molar-refractivity contribution < 1.29 is 4.84 Å². The predicted octanol–water partition coefficient (Wildman–Crippen LogP) is 2.36. The van der Waals surface area contributed by atoms with E-state index < -0.39 is 0 Å². The molecule has 3 aromatic rings. The maximum atomic E-state index is 12.3. The van der Waals surface area contributed by atoms with Crippen molar-refractivity contribution in [2.45, 2.75) is 5.16 Å². The smallest absolute Gasteiger partial charge is 0.261 e. The number of nitrogens with zero attached hydrogens (tertiary/aromatic N) is 1. The van der Waals surface area contributed by atoms with E-state index in [1.165, 1.54) is 11.8 Å². The van der Waals surface area contributed by atoms with Gasteiger partial charge in [-0.05, 0) is 12.3 Å². The first-order valence-electron chi connectivity index (χ1n) is 6.00. The van der Waals surface area contributed by atoms with Crippen LogP contribution in [0.2, 0.25) is 0 Å². The molecule has 4 rings (SSSR count). The summed E-state index contributed by atoms with van der Waals surface area (Å²) in [5.41, 5.74) is 4.70. The lowest BCUT2D eigenvalue weighted by Crippen LogP contribution is -2.21. The molecule has 0 saturated heterocycles. The molecule has 0 spiro atoms. The zero-order chi connectivity index (χ0) is 13.7. The topological polar surface area (TPSA) is 82.8 Å². The summed E-state index contributed by atoms with van der Waals surface area (Å²) in [6.45, 7) is 0. The van der Waals surface area contributed by atoms with Gasteiger partial charge >= 0.3 is 0 Å². The molecule has 20 heavy (non-hydrogen) atoms. The second kappa shape index (κ2) is 4.04. The highest BCUT2D eigenvalue weighted by Gasteiger charge is 2.26. The minimum Gasteiger partial charge on any atom is -0.362 e. The van der Waals surface area contributed by atoms with E-state index in [-0.39, 0.29) is 5.56 Å². The molecule has 0 amide bonds. The molecule has 1 aromatic carbocycles. The number of thioether (sulfide) groups is 1. The molecular weight excluding hydrogens is 276 g/mol. The fourth-order valence-electron chi connectivity index (χ4n) is 2.40. The summed E-state index contributed by atoms with van der Waals surface area (Å²) >= 11 is 1.37. The molecule has 2 aromatic heterocycles. The maximum Gasteiger partial charge on any atom is 0.261 e. The SMILES string of the molecule is CSc1nc2c(c(=O)[nH]1)-c1c([nH]c3ccccc13)ON2. The second-order valence-electron chi connectivity index (χ2n) is 4.38. The lowest BCUT2D eigenvalue weighted by atomic mass is 10.1. The van der Waals surface area contributed by atoms with Gasteiger partial charge in [-0.2, -0.15) is 0 Å². The normalized spacial score (nSPS) is 12.4. The van der Waals surface area contributed by atoms with Crippen molar-refractivity contribution in [1.29, 1.82) is 0 Å². The molecule has 1 aliphatic heterocycles. The molecule has 0 radical (unpaired) electrons. The van der Waals surface area contributed by atoms with Crippen LogP contribution in [0, 0.1) is 0 Å². The molecule has 0 unspecified atom stereocenters. The number of hydrogen-bond donors (Lipinski definition) is 3. The van der Waals surface area contributed by atoms with Crippen LogP contribution in [-0.4, -0.2) is 21.2 Å². The van der Waals surface area contributed by atoms with Gasteiger partial charge < -0.3 is 14.8 Å². The Labute approximate surface area is 117 Å². The number of H-pyrrole nitrogens is 2. The van der Waals surface area contributed by atoms with Gasteiger partial charge in [-0.25, -0.2) is 10.5 Å². The molecule has 7 heteroatoms. The van der Waals surface area contributed by atoms with Crippen molar-refractivity contribution >= 4 is 28.5 Å². The first-order valence-corrected chi connectivity index (χ1v) is 7.22. The number of fused-ring (bicyclic) bond motifs is 5. The van der Waals surface area contributed by atoms with Crippen molar-refractivity contribution in [3.8, 4) is 17.0 Å². The lowest BCUT2D eigenvalue weighted by Gasteiger charge is -2.17. The molecular formula is C13H10N4O2S. The molecule has 3 N–H and O–H groups in total. The van der Waals surface area contributed by atoms with Crippen LogP contribution in [0.25, 0.3) is 22.0 Å². The molecule has 0 bridgehead atoms. The minimum absolute atomic E-state index is 0.179. The van der Waals surface area contributed by atoms with E-state index in [4.69, 9.17) is 4.84 Å². The van der Waals surface area contributed by atoms with Crippen molar-refractivity contribution in [2.24, 2.45) is 0 Å². The molecule has 6 nitrogen and oxygen atoms in total. The van der Waals surface area contributed by atoms with Crippen LogP contribution in [0.4, 0.5) is 5.82 Å². The zero-order valence-corrected chi connectivity index (χ0v) is 11.3. The van der Waals surface area contributed by atoms with Crippen LogP contribution < -0.4 is 15.9 Å². The number of anilines is 1. The van der Waals surface area contributed by atoms with Crippen LogP contribution in [-0.2, 0) is 0 Å². The van der Waals surface area contributed by atoms with Gasteiger partial charge in [0.1, 0.15) is 0 Å². The summed E-state index contributed by atoms with van der Waals surface area (Å²) in [6.07, 6.45) is 1.85. The van der Waals surface area contributed by atoms with E-state index in [9.17, 15) is 4.79 Å².